The van der Waals surface area contributed by atoms with Gasteiger partial charge in [0.2, 0.25) is 17.7 Å². The fraction of sp³-hybridized carbons (Fsp3) is 0.346. The van der Waals surface area contributed by atoms with Gasteiger partial charge < -0.3 is 42.1 Å². The molecule has 39 heavy (non-hydrogen) atoms. The minimum absolute atomic E-state index is 0.0176. The van der Waals surface area contributed by atoms with E-state index in [2.05, 4.69) is 10.6 Å². The lowest BCUT2D eigenvalue weighted by molar-refractivity contribution is -0.144. The zero-order chi connectivity index (χ0) is 28.9. The van der Waals surface area contributed by atoms with E-state index in [1.807, 2.05) is 11.4 Å². The number of phenolic OH excluding ortho intramolecular Hbond substituents is 1. The first-order chi connectivity index (χ1) is 18.5. The van der Waals surface area contributed by atoms with Crippen LogP contribution in [0.3, 0.4) is 0 Å². The van der Waals surface area contributed by atoms with E-state index in [-0.39, 0.29) is 18.6 Å². The smallest absolute Gasteiger partial charge is 0.328 e. The molecule has 2 aromatic carbocycles. The van der Waals surface area contributed by atoms with Crippen molar-refractivity contribution in [2.24, 2.45) is 5.73 Å². The van der Waals surface area contributed by atoms with Gasteiger partial charge in [0.1, 0.15) is 23.9 Å². The molecule has 4 atom stereocenters. The van der Waals surface area contributed by atoms with Crippen molar-refractivity contribution in [3.05, 3.63) is 65.7 Å². The molecule has 3 amide bonds. The second kappa shape index (κ2) is 15.1. The number of rotatable bonds is 15. The van der Waals surface area contributed by atoms with Gasteiger partial charge in [-0.3, -0.25) is 19.2 Å². The highest BCUT2D eigenvalue weighted by molar-refractivity contribution is 5.94. The van der Waals surface area contributed by atoms with Crippen molar-refractivity contribution < 1.29 is 44.4 Å². The van der Waals surface area contributed by atoms with Gasteiger partial charge in [-0.1, -0.05) is 42.5 Å². The van der Waals surface area contributed by atoms with Crippen LogP contribution in [0, 0.1) is 0 Å². The molecule has 2 rings (SSSR count). The fourth-order valence-corrected chi connectivity index (χ4v) is 3.58. The highest BCUT2D eigenvalue weighted by atomic mass is 16.4. The third-order valence-corrected chi connectivity index (χ3v) is 5.72. The van der Waals surface area contributed by atoms with Gasteiger partial charge in [-0.25, -0.2) is 4.79 Å². The van der Waals surface area contributed by atoms with Gasteiger partial charge in [-0.05, 0) is 36.1 Å². The van der Waals surface area contributed by atoms with Crippen molar-refractivity contribution in [2.75, 3.05) is 6.61 Å². The first-order valence-corrected chi connectivity index (χ1v) is 12.0. The number of carbonyl (C=O) groups excluding carboxylic acids is 3. The molecule has 0 aliphatic carbocycles. The Labute approximate surface area is 224 Å². The van der Waals surface area contributed by atoms with E-state index in [0.717, 1.165) is 5.56 Å². The molecule has 13 heteroatoms. The number of hydrogen-bond acceptors (Lipinski definition) is 8. The number of nitrogens with one attached hydrogen (secondary N) is 3. The number of hydrogen-bond donors (Lipinski definition) is 8. The van der Waals surface area contributed by atoms with E-state index in [9.17, 15) is 34.2 Å². The number of carbonyl (C=O) groups is 5. The minimum atomic E-state index is -1.68. The van der Waals surface area contributed by atoms with Gasteiger partial charge in [0.15, 0.2) is 0 Å². The SMILES string of the molecule is NC(Cc1ccccc1)C(=O)NC(Cc1ccc(O)cc1)C(=O)NC(CCC(=O)O)C(=O)NC(CO)C(=O)O. The Bertz CT molecular complexity index is 1140. The second-order valence-corrected chi connectivity index (χ2v) is 8.80. The molecular formula is C26H32N4O9. The van der Waals surface area contributed by atoms with E-state index in [1.165, 1.54) is 24.3 Å². The fourth-order valence-electron chi connectivity index (χ4n) is 3.58. The number of carboxylic acid groups (broad SMARTS) is 2. The van der Waals surface area contributed by atoms with Gasteiger partial charge in [-0.2, -0.15) is 0 Å². The Kier molecular flexibility index (Phi) is 11.9. The summed E-state index contributed by atoms with van der Waals surface area (Å²) in [6.07, 6.45) is -0.816. The highest BCUT2D eigenvalue weighted by Gasteiger charge is 2.30. The lowest BCUT2D eigenvalue weighted by atomic mass is 10.0. The molecule has 2 aromatic rings. The molecule has 0 aliphatic rings. The van der Waals surface area contributed by atoms with Crippen LogP contribution in [0.25, 0.3) is 0 Å². The third-order valence-electron chi connectivity index (χ3n) is 5.72. The summed E-state index contributed by atoms with van der Waals surface area (Å²) in [5, 5.41) is 43.9. The van der Waals surface area contributed by atoms with Gasteiger partial charge in [0.05, 0.1) is 12.6 Å². The van der Waals surface area contributed by atoms with Gasteiger partial charge in [-0.15, -0.1) is 0 Å². The molecule has 0 spiro atoms. The average molecular weight is 545 g/mol. The predicted molar refractivity (Wildman–Crippen MR) is 137 cm³/mol. The molecule has 0 saturated carbocycles. The first-order valence-electron chi connectivity index (χ1n) is 12.0. The Hall–Kier alpha value is -4.49. The molecule has 0 aliphatic heterocycles. The third kappa shape index (κ3) is 10.4. The predicted octanol–water partition coefficient (Wildman–Crippen LogP) is -1.10. The number of aliphatic hydroxyl groups excluding tert-OH is 1. The van der Waals surface area contributed by atoms with Crippen LogP contribution in [0.2, 0.25) is 0 Å². The van der Waals surface area contributed by atoms with Crippen LogP contribution in [-0.4, -0.2) is 80.9 Å². The van der Waals surface area contributed by atoms with Crippen molar-refractivity contribution >= 4 is 29.7 Å². The molecular weight excluding hydrogens is 512 g/mol. The molecule has 0 heterocycles. The summed E-state index contributed by atoms with van der Waals surface area (Å²) in [5.74, 6) is -5.35. The monoisotopic (exact) mass is 544 g/mol. The maximum atomic E-state index is 13.3. The summed E-state index contributed by atoms with van der Waals surface area (Å²) < 4.78 is 0. The van der Waals surface area contributed by atoms with Crippen molar-refractivity contribution in [1.82, 2.24) is 16.0 Å². The van der Waals surface area contributed by atoms with Crippen LogP contribution < -0.4 is 21.7 Å². The average Bonchev–Trinajstić information content (AvgIpc) is 2.90. The highest BCUT2D eigenvalue weighted by Crippen LogP contribution is 2.12. The maximum Gasteiger partial charge on any atom is 0.328 e. The standard InChI is InChI=1S/C26H32N4O9/c27-18(12-15-4-2-1-3-5-15)23(35)29-20(13-16-6-8-17(32)9-7-16)25(37)28-19(10-11-22(33)34)24(36)30-21(14-31)26(38)39/h1-9,18-21,31-32H,10-14,27H2,(H,28,37)(H,29,35)(H,30,36)(H,33,34)(H,38,39). The molecule has 9 N–H and O–H groups in total. The Morgan fingerprint density at radius 1 is 0.718 bits per heavy atom. The Morgan fingerprint density at radius 3 is 1.82 bits per heavy atom. The first kappa shape index (κ1) is 30.7. The number of aromatic hydroxyl groups is 1. The van der Waals surface area contributed by atoms with Crippen molar-refractivity contribution in [3.63, 3.8) is 0 Å². The van der Waals surface area contributed by atoms with E-state index in [4.69, 9.17) is 15.9 Å². The van der Waals surface area contributed by atoms with Crippen molar-refractivity contribution in [2.45, 2.75) is 49.9 Å². The molecule has 4 unspecified atom stereocenters. The number of aliphatic hydroxyl groups is 1. The van der Waals surface area contributed by atoms with Crippen molar-refractivity contribution in [3.8, 4) is 5.75 Å². The molecule has 0 bridgehead atoms. The van der Waals surface area contributed by atoms with E-state index < -0.39 is 73.3 Å². The Morgan fingerprint density at radius 2 is 1.26 bits per heavy atom. The summed E-state index contributed by atoms with van der Waals surface area (Å²) in [7, 11) is 0. The number of carboxylic acids is 2. The summed E-state index contributed by atoms with van der Waals surface area (Å²) in [6.45, 7) is -0.931. The van der Waals surface area contributed by atoms with E-state index in [1.54, 1.807) is 24.3 Å². The van der Waals surface area contributed by atoms with E-state index >= 15 is 0 Å². The lowest BCUT2D eigenvalue weighted by Gasteiger charge is -2.25. The van der Waals surface area contributed by atoms with Crippen LogP contribution >= 0.6 is 0 Å². The quantitative estimate of drug-likeness (QED) is 0.135. The molecule has 210 valence electrons. The molecule has 0 radical (unpaired) electrons. The van der Waals surface area contributed by atoms with Gasteiger partial charge in [0, 0.05) is 12.8 Å². The Balaban J connectivity index is 2.23. The molecule has 0 aromatic heterocycles. The van der Waals surface area contributed by atoms with Crippen LogP contribution in [0.4, 0.5) is 0 Å². The topological polar surface area (TPSA) is 228 Å². The molecule has 0 saturated heterocycles. The maximum absolute atomic E-state index is 13.3. The zero-order valence-electron chi connectivity index (χ0n) is 20.9. The van der Waals surface area contributed by atoms with Crippen LogP contribution in [0.1, 0.15) is 24.0 Å². The number of nitrogens with two attached hydrogens (primary N) is 1. The van der Waals surface area contributed by atoms with Crippen LogP contribution in [0.5, 0.6) is 5.75 Å². The van der Waals surface area contributed by atoms with Crippen LogP contribution in [-0.2, 0) is 36.8 Å². The number of phenols is 1. The van der Waals surface area contributed by atoms with Gasteiger partial charge in [0.25, 0.3) is 0 Å². The van der Waals surface area contributed by atoms with Crippen LogP contribution in [0.15, 0.2) is 54.6 Å². The van der Waals surface area contributed by atoms with E-state index in [0.29, 0.717) is 5.56 Å². The normalized spacial score (nSPS) is 13.8. The lowest BCUT2D eigenvalue weighted by Crippen LogP contribution is -2.58. The minimum Gasteiger partial charge on any atom is -0.508 e. The number of benzene rings is 2. The second-order valence-electron chi connectivity index (χ2n) is 8.80. The number of amides is 3. The molecule has 0 fully saturated rings. The number of aliphatic carboxylic acids is 2. The molecule has 13 nitrogen and oxygen atoms in total. The summed E-state index contributed by atoms with van der Waals surface area (Å²) in [6, 6.07) is 9.34. The summed E-state index contributed by atoms with van der Waals surface area (Å²) in [5.41, 5.74) is 7.39. The summed E-state index contributed by atoms with van der Waals surface area (Å²) in [4.78, 5) is 61.2. The largest absolute Gasteiger partial charge is 0.508 e. The van der Waals surface area contributed by atoms with Gasteiger partial charge >= 0.3 is 11.9 Å². The summed E-state index contributed by atoms with van der Waals surface area (Å²) >= 11 is 0. The van der Waals surface area contributed by atoms with Crippen molar-refractivity contribution in [1.29, 1.82) is 0 Å². The zero-order valence-corrected chi connectivity index (χ0v) is 20.9.